The number of ether oxygens (including phenoxy) is 4. The molecule has 0 aliphatic rings. The first-order valence-corrected chi connectivity index (χ1v) is 12.6. The summed E-state index contributed by atoms with van der Waals surface area (Å²) in [5.41, 5.74) is 1.65. The summed E-state index contributed by atoms with van der Waals surface area (Å²) in [7, 11) is 0. The summed E-state index contributed by atoms with van der Waals surface area (Å²) in [5, 5.41) is 8.43. The summed E-state index contributed by atoms with van der Waals surface area (Å²) in [6.45, 7) is 8.13. The summed E-state index contributed by atoms with van der Waals surface area (Å²) in [6.07, 6.45) is 3.82. The predicted octanol–water partition coefficient (Wildman–Crippen LogP) is 7.73. The molecule has 38 heavy (non-hydrogen) atoms. The van der Waals surface area contributed by atoms with Crippen molar-refractivity contribution in [3.8, 4) is 17.2 Å². The highest BCUT2D eigenvalue weighted by atomic mass is 16.7. The van der Waals surface area contributed by atoms with Gasteiger partial charge in [-0.1, -0.05) is 26.8 Å². The van der Waals surface area contributed by atoms with Crippen molar-refractivity contribution in [2.75, 3.05) is 6.61 Å². The minimum absolute atomic E-state index is 0.400. The van der Waals surface area contributed by atoms with E-state index >= 15 is 0 Å². The number of esters is 2. The van der Waals surface area contributed by atoms with Crippen LogP contribution < -0.4 is 14.2 Å². The second-order valence-corrected chi connectivity index (χ2v) is 8.28. The Bertz CT molecular complexity index is 1210. The summed E-state index contributed by atoms with van der Waals surface area (Å²) >= 11 is 0. The van der Waals surface area contributed by atoms with Crippen LogP contribution in [0.2, 0.25) is 0 Å². The maximum absolute atomic E-state index is 12.4. The Kier molecular flexibility index (Phi) is 11.1. The van der Waals surface area contributed by atoms with Crippen LogP contribution in [0.15, 0.2) is 95.7 Å². The van der Waals surface area contributed by atoms with E-state index in [1.807, 2.05) is 6.92 Å². The van der Waals surface area contributed by atoms with Gasteiger partial charge in [0.05, 0.1) is 23.5 Å². The van der Waals surface area contributed by atoms with E-state index in [-0.39, 0.29) is 0 Å². The highest BCUT2D eigenvalue weighted by Gasteiger charge is 2.13. The molecule has 0 aliphatic heterocycles. The average molecular weight is 517 g/mol. The number of hydrogen-bond acceptors (Lipinski definition) is 8. The van der Waals surface area contributed by atoms with Gasteiger partial charge < -0.3 is 18.9 Å². The van der Waals surface area contributed by atoms with Crippen molar-refractivity contribution in [1.29, 1.82) is 0 Å². The van der Waals surface area contributed by atoms with E-state index in [9.17, 15) is 9.59 Å². The van der Waals surface area contributed by atoms with Crippen molar-refractivity contribution < 1.29 is 28.5 Å². The highest BCUT2D eigenvalue weighted by molar-refractivity contribution is 5.91. The van der Waals surface area contributed by atoms with Crippen LogP contribution in [0.5, 0.6) is 17.2 Å². The van der Waals surface area contributed by atoms with Crippen molar-refractivity contribution >= 4 is 23.3 Å². The van der Waals surface area contributed by atoms with E-state index < -0.39 is 18.2 Å². The molecule has 8 nitrogen and oxygen atoms in total. The van der Waals surface area contributed by atoms with Crippen molar-refractivity contribution in [3.63, 3.8) is 0 Å². The predicted molar refractivity (Wildman–Crippen MR) is 144 cm³/mol. The van der Waals surface area contributed by atoms with Gasteiger partial charge in [0, 0.05) is 12.5 Å². The molecule has 1 unspecified atom stereocenters. The third-order valence-corrected chi connectivity index (χ3v) is 5.23. The summed E-state index contributed by atoms with van der Waals surface area (Å²) in [4.78, 5) is 23.9. The zero-order valence-electron chi connectivity index (χ0n) is 21.7. The van der Waals surface area contributed by atoms with E-state index in [0.717, 1.165) is 31.1 Å². The summed E-state index contributed by atoms with van der Waals surface area (Å²) in [6, 6.07) is 20.5. The minimum Gasteiger partial charge on any atom is -0.494 e. The van der Waals surface area contributed by atoms with Crippen molar-refractivity contribution in [1.82, 2.24) is 0 Å². The van der Waals surface area contributed by atoms with Gasteiger partial charge in [-0.2, -0.15) is 10.2 Å². The summed E-state index contributed by atoms with van der Waals surface area (Å²) < 4.78 is 22.0. The first kappa shape index (κ1) is 28.1. The number of rotatable bonds is 14. The standard InChI is InChI=1S/C30H32N2O6/c1-4-7-21-35-25-15-9-22(10-16-25)30(34)37-27-19-13-24(14-20-27)32-31-23-11-17-26(18-12-23)36-29(8-5-2)38-28(33)6-3/h6,9-20,29H,3-5,7-8,21H2,1-2H3/b32-31+. The SMILES string of the molecule is C=CC(=O)OC(CCC)Oc1ccc(/N=N/c2ccc(OC(=O)c3ccc(OCCCC)cc3)cc2)cc1. The Hall–Kier alpha value is -4.46. The number of hydrogen-bond donors (Lipinski definition) is 0. The second-order valence-electron chi connectivity index (χ2n) is 8.28. The van der Waals surface area contributed by atoms with E-state index in [2.05, 4.69) is 23.7 Å². The van der Waals surface area contributed by atoms with Crippen LogP contribution in [-0.2, 0) is 9.53 Å². The Morgan fingerprint density at radius 2 is 1.39 bits per heavy atom. The molecular formula is C30H32N2O6. The molecule has 0 saturated carbocycles. The summed E-state index contributed by atoms with van der Waals surface area (Å²) in [5.74, 6) is 0.682. The lowest BCUT2D eigenvalue weighted by Crippen LogP contribution is -2.23. The molecule has 0 saturated heterocycles. The molecule has 0 fully saturated rings. The van der Waals surface area contributed by atoms with Gasteiger partial charge in [-0.3, -0.25) is 0 Å². The first-order valence-electron chi connectivity index (χ1n) is 12.6. The molecule has 0 amide bonds. The van der Waals surface area contributed by atoms with Crippen LogP contribution >= 0.6 is 0 Å². The highest BCUT2D eigenvalue weighted by Crippen LogP contribution is 2.25. The first-order chi connectivity index (χ1) is 18.5. The fourth-order valence-corrected chi connectivity index (χ4v) is 3.18. The number of unbranched alkanes of at least 4 members (excludes halogenated alkanes) is 1. The van der Waals surface area contributed by atoms with E-state index in [4.69, 9.17) is 18.9 Å². The third kappa shape index (κ3) is 9.20. The van der Waals surface area contributed by atoms with Crippen molar-refractivity contribution in [2.45, 2.75) is 45.8 Å². The van der Waals surface area contributed by atoms with Gasteiger partial charge in [0.15, 0.2) is 0 Å². The van der Waals surface area contributed by atoms with Crippen molar-refractivity contribution in [2.24, 2.45) is 10.2 Å². The fraction of sp³-hybridized carbons (Fsp3) is 0.267. The van der Waals surface area contributed by atoms with Gasteiger partial charge in [0.1, 0.15) is 17.2 Å². The Balaban J connectivity index is 1.52. The number of nitrogens with zero attached hydrogens (tertiary/aromatic N) is 2. The van der Waals surface area contributed by atoms with Crippen LogP contribution in [0.25, 0.3) is 0 Å². The molecule has 3 aromatic carbocycles. The molecule has 198 valence electrons. The average Bonchev–Trinajstić information content (AvgIpc) is 2.94. The van der Waals surface area contributed by atoms with Crippen LogP contribution in [0, 0.1) is 0 Å². The topological polar surface area (TPSA) is 95.8 Å². The molecule has 3 aromatic rings. The molecule has 1 atom stereocenters. The number of benzene rings is 3. The maximum atomic E-state index is 12.4. The van der Waals surface area contributed by atoms with E-state index in [1.165, 1.54) is 0 Å². The largest absolute Gasteiger partial charge is 0.494 e. The van der Waals surface area contributed by atoms with Gasteiger partial charge in [-0.15, -0.1) is 0 Å². The van der Waals surface area contributed by atoms with Gasteiger partial charge in [-0.05, 0) is 85.6 Å². The molecule has 0 bridgehead atoms. The molecule has 0 N–H and O–H groups in total. The number of carbonyl (C=O) groups excluding carboxylic acids is 2. The fourth-order valence-electron chi connectivity index (χ4n) is 3.18. The lowest BCUT2D eigenvalue weighted by atomic mass is 10.2. The molecule has 0 spiro atoms. The molecule has 8 heteroatoms. The second kappa shape index (κ2) is 14.9. The van der Waals surface area contributed by atoms with Crippen LogP contribution in [0.1, 0.15) is 49.9 Å². The zero-order valence-corrected chi connectivity index (χ0v) is 21.7. The van der Waals surface area contributed by atoms with Crippen LogP contribution in [0.3, 0.4) is 0 Å². The Labute approximate surface area is 222 Å². The monoisotopic (exact) mass is 516 g/mol. The molecule has 0 aromatic heterocycles. The molecular weight excluding hydrogens is 484 g/mol. The normalized spacial score (nSPS) is 11.5. The number of carbonyl (C=O) groups is 2. The number of azo groups is 1. The zero-order chi connectivity index (χ0) is 27.2. The van der Waals surface area contributed by atoms with Gasteiger partial charge in [0.2, 0.25) is 6.29 Å². The third-order valence-electron chi connectivity index (χ3n) is 5.23. The lowest BCUT2D eigenvalue weighted by molar-refractivity contribution is -0.158. The van der Waals surface area contributed by atoms with Gasteiger partial charge >= 0.3 is 11.9 Å². The maximum Gasteiger partial charge on any atom is 0.343 e. The van der Waals surface area contributed by atoms with Crippen LogP contribution in [-0.4, -0.2) is 24.8 Å². The van der Waals surface area contributed by atoms with Crippen LogP contribution in [0.4, 0.5) is 11.4 Å². The van der Waals surface area contributed by atoms with Crippen molar-refractivity contribution in [3.05, 3.63) is 91.0 Å². The smallest absolute Gasteiger partial charge is 0.343 e. The molecule has 0 aliphatic carbocycles. The van der Waals surface area contributed by atoms with Gasteiger partial charge in [-0.25, -0.2) is 9.59 Å². The van der Waals surface area contributed by atoms with Gasteiger partial charge in [0.25, 0.3) is 0 Å². The van der Waals surface area contributed by atoms with E-state index in [1.54, 1.807) is 72.8 Å². The molecule has 0 radical (unpaired) electrons. The Morgan fingerprint density at radius 3 is 1.95 bits per heavy atom. The lowest BCUT2D eigenvalue weighted by Gasteiger charge is -2.18. The minimum atomic E-state index is -0.686. The molecule has 3 rings (SSSR count). The quantitative estimate of drug-likeness (QED) is 0.0543. The van der Waals surface area contributed by atoms with E-state index in [0.29, 0.717) is 41.5 Å². The molecule has 0 heterocycles. The Morgan fingerprint density at radius 1 is 0.816 bits per heavy atom.